The Bertz CT molecular complexity index is 979. The number of carbonyl (C=O) groups excluding carboxylic acids is 1. The number of ether oxygens (including phenoxy) is 1. The monoisotopic (exact) mass is 396 g/mol. The Morgan fingerprint density at radius 3 is 2.38 bits per heavy atom. The summed E-state index contributed by atoms with van der Waals surface area (Å²) in [6.07, 6.45) is -0.170. The molecule has 129 valence electrons. The van der Waals surface area contributed by atoms with Crippen molar-refractivity contribution in [2.45, 2.75) is 13.3 Å². The number of halogens is 1. The van der Waals surface area contributed by atoms with E-state index in [1.165, 1.54) is 4.57 Å². The molecular formula is C19H16ClKNO4. The molecule has 0 spiro atoms. The van der Waals surface area contributed by atoms with Gasteiger partial charge in [0.05, 0.1) is 19.0 Å². The van der Waals surface area contributed by atoms with Crippen molar-refractivity contribution >= 4 is 85.8 Å². The molecule has 0 amide bonds. The van der Waals surface area contributed by atoms with Crippen LogP contribution in [0.15, 0.2) is 42.5 Å². The quantitative estimate of drug-likeness (QED) is 0.685. The Hall–Kier alpha value is -1.15. The number of benzene rings is 2. The molecule has 1 radical (unpaired) electrons. The van der Waals surface area contributed by atoms with Crippen LogP contribution in [0.2, 0.25) is 5.02 Å². The average Bonchev–Trinajstić information content (AvgIpc) is 2.86. The molecular weight excluding hydrogens is 381 g/mol. The SMILES string of the molecule is COc1ccc2c(c1)c(CC(=O)O)c(C)n2C(=O)c1ccc(Cl)cc1.[K]. The number of methoxy groups -OCH3 is 1. The first-order valence-electron chi connectivity index (χ1n) is 7.62. The van der Waals surface area contributed by atoms with E-state index in [1.54, 1.807) is 56.5 Å². The van der Waals surface area contributed by atoms with E-state index in [4.69, 9.17) is 16.3 Å². The molecule has 0 aliphatic heterocycles. The van der Waals surface area contributed by atoms with Gasteiger partial charge in [-0.3, -0.25) is 14.2 Å². The second kappa shape index (κ2) is 8.69. The summed E-state index contributed by atoms with van der Waals surface area (Å²) in [6, 6.07) is 11.9. The zero-order chi connectivity index (χ0) is 18.1. The molecule has 0 fully saturated rings. The predicted octanol–water partition coefficient (Wildman–Crippen LogP) is 3.55. The fourth-order valence-corrected chi connectivity index (χ4v) is 3.07. The molecule has 0 aliphatic carbocycles. The van der Waals surface area contributed by atoms with Crippen LogP contribution >= 0.6 is 11.6 Å². The van der Waals surface area contributed by atoms with Gasteiger partial charge in [0.2, 0.25) is 0 Å². The predicted molar refractivity (Wildman–Crippen MR) is 102 cm³/mol. The van der Waals surface area contributed by atoms with Gasteiger partial charge in [-0.25, -0.2) is 0 Å². The third-order valence-electron chi connectivity index (χ3n) is 4.16. The van der Waals surface area contributed by atoms with Crippen molar-refractivity contribution in [2.24, 2.45) is 0 Å². The van der Waals surface area contributed by atoms with E-state index in [1.807, 2.05) is 0 Å². The second-order valence-electron chi connectivity index (χ2n) is 5.67. The summed E-state index contributed by atoms with van der Waals surface area (Å²) in [5, 5.41) is 10.5. The molecule has 0 unspecified atom stereocenters. The first-order chi connectivity index (χ1) is 11.9. The van der Waals surface area contributed by atoms with Gasteiger partial charge in [0, 0.05) is 73.1 Å². The van der Waals surface area contributed by atoms with E-state index in [0.29, 0.717) is 38.5 Å². The molecule has 0 saturated carbocycles. The van der Waals surface area contributed by atoms with Crippen LogP contribution in [0.25, 0.3) is 10.9 Å². The topological polar surface area (TPSA) is 68.5 Å². The van der Waals surface area contributed by atoms with Gasteiger partial charge < -0.3 is 9.84 Å². The van der Waals surface area contributed by atoms with Crippen molar-refractivity contribution in [1.29, 1.82) is 0 Å². The molecule has 0 saturated heterocycles. The number of hydrogen-bond donors (Lipinski definition) is 1. The fraction of sp³-hybridized carbons (Fsp3) is 0.158. The van der Waals surface area contributed by atoms with Crippen LogP contribution in [-0.4, -0.2) is 80.0 Å². The number of hydrogen-bond acceptors (Lipinski definition) is 3. The van der Waals surface area contributed by atoms with Gasteiger partial charge in [-0.2, -0.15) is 0 Å². The minimum absolute atomic E-state index is 0. The van der Waals surface area contributed by atoms with E-state index < -0.39 is 5.97 Å². The number of nitrogens with zero attached hydrogens (tertiary/aromatic N) is 1. The van der Waals surface area contributed by atoms with Gasteiger partial charge >= 0.3 is 5.97 Å². The van der Waals surface area contributed by atoms with Crippen LogP contribution in [-0.2, 0) is 11.2 Å². The van der Waals surface area contributed by atoms with E-state index in [9.17, 15) is 14.7 Å². The van der Waals surface area contributed by atoms with E-state index in [-0.39, 0.29) is 63.7 Å². The molecule has 7 heteroatoms. The molecule has 26 heavy (non-hydrogen) atoms. The van der Waals surface area contributed by atoms with E-state index in [2.05, 4.69) is 0 Å². The second-order valence-corrected chi connectivity index (χ2v) is 6.10. The molecule has 1 aromatic heterocycles. The number of aliphatic carboxylic acids is 1. The average molecular weight is 397 g/mol. The molecule has 3 rings (SSSR count). The third-order valence-corrected chi connectivity index (χ3v) is 4.42. The van der Waals surface area contributed by atoms with Crippen molar-refractivity contribution in [2.75, 3.05) is 7.11 Å². The number of carbonyl (C=O) groups is 2. The molecule has 1 heterocycles. The smallest absolute Gasteiger partial charge is 0.307 e. The molecule has 0 atom stereocenters. The van der Waals surface area contributed by atoms with Gasteiger partial charge in [0.25, 0.3) is 5.91 Å². The van der Waals surface area contributed by atoms with E-state index in [0.717, 1.165) is 0 Å². The zero-order valence-corrected chi connectivity index (χ0v) is 18.6. The zero-order valence-electron chi connectivity index (χ0n) is 14.7. The maximum absolute atomic E-state index is 13.0. The maximum atomic E-state index is 13.0. The Morgan fingerprint density at radius 1 is 1.15 bits per heavy atom. The van der Waals surface area contributed by atoms with Crippen LogP contribution in [0.3, 0.4) is 0 Å². The Balaban J connectivity index is 0.00000243. The number of fused-ring (bicyclic) bond motifs is 1. The molecule has 3 aromatic rings. The third kappa shape index (κ3) is 4.06. The summed E-state index contributed by atoms with van der Waals surface area (Å²) >= 11 is 5.89. The summed E-state index contributed by atoms with van der Waals surface area (Å²) in [4.78, 5) is 24.3. The number of rotatable bonds is 4. The summed E-state index contributed by atoms with van der Waals surface area (Å²) in [7, 11) is 1.54. The Kier molecular flexibility index (Phi) is 7.07. The molecule has 2 aromatic carbocycles. The standard InChI is InChI=1S/C19H16ClNO4.K/c1-11-15(10-18(22)23)16-9-14(25-2)7-8-17(16)21(11)19(24)12-3-5-13(20)6-4-12;/h3-9H,10H2,1-2H3,(H,22,23);. The minimum Gasteiger partial charge on any atom is -0.497 e. The van der Waals surface area contributed by atoms with Crippen molar-refractivity contribution < 1.29 is 19.4 Å². The maximum Gasteiger partial charge on any atom is 0.307 e. The van der Waals surface area contributed by atoms with Crippen LogP contribution in [0.1, 0.15) is 21.6 Å². The molecule has 0 aliphatic rings. The van der Waals surface area contributed by atoms with Gasteiger partial charge in [0.15, 0.2) is 0 Å². The van der Waals surface area contributed by atoms with Crippen molar-refractivity contribution in [3.63, 3.8) is 0 Å². The van der Waals surface area contributed by atoms with Gasteiger partial charge in [0.1, 0.15) is 5.75 Å². The number of carboxylic acid groups (broad SMARTS) is 1. The summed E-state index contributed by atoms with van der Waals surface area (Å²) in [5.41, 5.74) is 2.32. The van der Waals surface area contributed by atoms with Crippen LogP contribution in [0, 0.1) is 6.92 Å². The number of carboxylic acids is 1. The fourth-order valence-electron chi connectivity index (χ4n) is 2.95. The van der Waals surface area contributed by atoms with Crippen LogP contribution in [0.5, 0.6) is 5.75 Å². The van der Waals surface area contributed by atoms with Gasteiger partial charge in [-0.1, -0.05) is 11.6 Å². The van der Waals surface area contributed by atoms with Gasteiger partial charge in [-0.15, -0.1) is 0 Å². The van der Waals surface area contributed by atoms with Gasteiger partial charge in [-0.05, 0) is 55.0 Å². The molecule has 5 nitrogen and oxygen atoms in total. The summed E-state index contributed by atoms with van der Waals surface area (Å²) < 4.78 is 6.77. The first kappa shape index (κ1) is 21.1. The summed E-state index contributed by atoms with van der Waals surface area (Å²) in [5.74, 6) is -0.583. The van der Waals surface area contributed by atoms with Crippen molar-refractivity contribution in [3.8, 4) is 5.75 Å². The van der Waals surface area contributed by atoms with Crippen LogP contribution < -0.4 is 4.74 Å². The van der Waals surface area contributed by atoms with E-state index >= 15 is 0 Å². The molecule has 0 bridgehead atoms. The Morgan fingerprint density at radius 2 is 1.81 bits per heavy atom. The minimum atomic E-state index is -0.955. The van der Waals surface area contributed by atoms with Crippen LogP contribution in [0.4, 0.5) is 0 Å². The number of aromatic nitrogens is 1. The largest absolute Gasteiger partial charge is 0.497 e. The van der Waals surface area contributed by atoms with Crippen molar-refractivity contribution in [3.05, 3.63) is 64.3 Å². The summed E-state index contributed by atoms with van der Waals surface area (Å²) in [6.45, 7) is 1.75. The van der Waals surface area contributed by atoms with Crippen molar-refractivity contribution in [1.82, 2.24) is 4.57 Å². The normalized spacial score (nSPS) is 10.4. The Labute approximate surface area is 198 Å². The first-order valence-corrected chi connectivity index (χ1v) is 8.00. The molecule has 1 N–H and O–H groups in total.